The van der Waals surface area contributed by atoms with Crippen molar-refractivity contribution < 1.29 is 4.74 Å². The van der Waals surface area contributed by atoms with E-state index in [2.05, 4.69) is 5.10 Å². The van der Waals surface area contributed by atoms with E-state index in [1.54, 1.807) is 16.8 Å². The number of nitrogens with zero attached hydrogens (tertiary/aromatic N) is 2. The number of anilines is 1. The molecule has 0 bridgehead atoms. The minimum Gasteiger partial charge on any atom is -0.493 e. The minimum absolute atomic E-state index is 0.542. The first-order chi connectivity index (χ1) is 8.24. The summed E-state index contributed by atoms with van der Waals surface area (Å²) >= 11 is 5.85. The lowest BCUT2D eigenvalue weighted by Crippen LogP contribution is -2.05. The van der Waals surface area contributed by atoms with E-state index in [1.807, 2.05) is 24.4 Å². The van der Waals surface area contributed by atoms with Crippen LogP contribution in [0.15, 0.2) is 36.5 Å². The molecule has 0 spiro atoms. The molecule has 0 aliphatic carbocycles. The third kappa shape index (κ3) is 3.67. The fraction of sp³-hybridized carbons (Fsp3) is 0.250. The Hall–Kier alpha value is -1.68. The molecule has 1 aromatic carbocycles. The maximum atomic E-state index is 5.85. The summed E-state index contributed by atoms with van der Waals surface area (Å²) in [6.07, 6.45) is 2.72. The number of hydrogen-bond donors (Lipinski definition) is 1. The molecule has 5 heteroatoms. The fourth-order valence-corrected chi connectivity index (χ4v) is 1.66. The molecular formula is C12H14ClN3O. The average molecular weight is 252 g/mol. The number of ether oxygens (including phenoxy) is 1. The molecular weight excluding hydrogens is 238 g/mol. The number of nitrogen functional groups attached to an aromatic ring is 1. The zero-order valence-corrected chi connectivity index (χ0v) is 10.1. The van der Waals surface area contributed by atoms with Crippen LogP contribution in [0.2, 0.25) is 5.02 Å². The average Bonchev–Trinajstić information content (AvgIpc) is 2.71. The third-order valence-electron chi connectivity index (χ3n) is 2.26. The second-order valence-electron chi connectivity index (χ2n) is 3.66. The molecule has 0 amide bonds. The lowest BCUT2D eigenvalue weighted by atomic mass is 10.3. The standard InChI is InChI=1S/C12H14ClN3O/c13-10-3-1-4-11(9-10)17-8-2-6-16-7-5-12(14)15-16/h1,3-5,7,9H,2,6,8H2,(H2,14,15). The molecule has 0 saturated carbocycles. The summed E-state index contributed by atoms with van der Waals surface area (Å²) in [6, 6.07) is 9.15. The Morgan fingerprint density at radius 2 is 2.24 bits per heavy atom. The van der Waals surface area contributed by atoms with Crippen LogP contribution in [0.5, 0.6) is 5.75 Å². The van der Waals surface area contributed by atoms with Crippen molar-refractivity contribution in [2.24, 2.45) is 0 Å². The molecule has 0 aliphatic heterocycles. The Kier molecular flexibility index (Phi) is 3.88. The van der Waals surface area contributed by atoms with E-state index in [-0.39, 0.29) is 0 Å². The van der Waals surface area contributed by atoms with Crippen LogP contribution in [0.3, 0.4) is 0 Å². The largest absolute Gasteiger partial charge is 0.493 e. The van der Waals surface area contributed by atoms with Gasteiger partial charge >= 0.3 is 0 Å². The van der Waals surface area contributed by atoms with E-state index in [4.69, 9.17) is 22.1 Å². The van der Waals surface area contributed by atoms with E-state index in [0.717, 1.165) is 18.7 Å². The van der Waals surface area contributed by atoms with Crippen molar-refractivity contribution >= 4 is 17.4 Å². The molecule has 2 rings (SSSR count). The van der Waals surface area contributed by atoms with Crippen LogP contribution >= 0.6 is 11.6 Å². The fourth-order valence-electron chi connectivity index (χ4n) is 1.48. The second-order valence-corrected chi connectivity index (χ2v) is 4.10. The van der Waals surface area contributed by atoms with Crippen molar-refractivity contribution in [3.05, 3.63) is 41.6 Å². The molecule has 17 heavy (non-hydrogen) atoms. The van der Waals surface area contributed by atoms with E-state index in [1.165, 1.54) is 0 Å². The van der Waals surface area contributed by atoms with Gasteiger partial charge in [-0.25, -0.2) is 0 Å². The highest BCUT2D eigenvalue weighted by atomic mass is 35.5. The predicted octanol–water partition coefficient (Wildman–Crippen LogP) is 2.59. The van der Waals surface area contributed by atoms with Crippen LogP contribution in [0.4, 0.5) is 5.82 Å². The highest BCUT2D eigenvalue weighted by Crippen LogP contribution is 2.17. The van der Waals surface area contributed by atoms with Crippen molar-refractivity contribution in [3.8, 4) is 5.75 Å². The van der Waals surface area contributed by atoms with Crippen LogP contribution in [0.1, 0.15) is 6.42 Å². The molecule has 0 fully saturated rings. The van der Waals surface area contributed by atoms with E-state index >= 15 is 0 Å². The molecule has 2 N–H and O–H groups in total. The predicted molar refractivity (Wildman–Crippen MR) is 68.2 cm³/mol. The highest BCUT2D eigenvalue weighted by molar-refractivity contribution is 6.30. The Morgan fingerprint density at radius 1 is 1.35 bits per heavy atom. The maximum Gasteiger partial charge on any atom is 0.145 e. The first-order valence-corrected chi connectivity index (χ1v) is 5.79. The number of aryl methyl sites for hydroxylation is 1. The SMILES string of the molecule is Nc1ccn(CCCOc2cccc(Cl)c2)n1. The first kappa shape index (κ1) is 11.8. The van der Waals surface area contributed by atoms with Crippen molar-refractivity contribution in [1.29, 1.82) is 0 Å². The molecule has 2 aromatic rings. The van der Waals surface area contributed by atoms with Gasteiger partial charge in [-0.2, -0.15) is 5.10 Å². The lowest BCUT2D eigenvalue weighted by molar-refractivity contribution is 0.299. The molecule has 0 unspecified atom stereocenters. The Labute approximate surface area is 105 Å². The van der Waals surface area contributed by atoms with Gasteiger partial charge < -0.3 is 10.5 Å². The Morgan fingerprint density at radius 3 is 2.94 bits per heavy atom. The first-order valence-electron chi connectivity index (χ1n) is 5.41. The monoisotopic (exact) mass is 251 g/mol. The highest BCUT2D eigenvalue weighted by Gasteiger charge is 1.97. The van der Waals surface area contributed by atoms with Gasteiger partial charge in [-0.1, -0.05) is 17.7 Å². The van der Waals surface area contributed by atoms with Crippen LogP contribution in [-0.2, 0) is 6.54 Å². The van der Waals surface area contributed by atoms with Crippen LogP contribution in [0.25, 0.3) is 0 Å². The van der Waals surface area contributed by atoms with Gasteiger partial charge in [0, 0.05) is 24.2 Å². The van der Waals surface area contributed by atoms with Gasteiger partial charge in [0.25, 0.3) is 0 Å². The molecule has 0 atom stereocenters. The quantitative estimate of drug-likeness (QED) is 0.831. The molecule has 4 nitrogen and oxygen atoms in total. The normalized spacial score (nSPS) is 10.4. The summed E-state index contributed by atoms with van der Waals surface area (Å²) < 4.78 is 7.36. The van der Waals surface area contributed by atoms with Gasteiger partial charge in [0.2, 0.25) is 0 Å². The summed E-state index contributed by atoms with van der Waals surface area (Å²) in [7, 11) is 0. The molecule has 1 aromatic heterocycles. The van der Waals surface area contributed by atoms with Gasteiger partial charge in [-0.3, -0.25) is 4.68 Å². The van der Waals surface area contributed by atoms with E-state index in [9.17, 15) is 0 Å². The van der Waals surface area contributed by atoms with Crippen LogP contribution in [0, 0.1) is 0 Å². The molecule has 90 valence electrons. The Balaban J connectivity index is 1.73. The Bertz CT molecular complexity index is 484. The van der Waals surface area contributed by atoms with E-state index < -0.39 is 0 Å². The van der Waals surface area contributed by atoms with Crippen LogP contribution < -0.4 is 10.5 Å². The summed E-state index contributed by atoms with van der Waals surface area (Å²) in [6.45, 7) is 1.41. The van der Waals surface area contributed by atoms with Gasteiger partial charge in [-0.05, 0) is 24.3 Å². The smallest absolute Gasteiger partial charge is 0.145 e. The zero-order valence-electron chi connectivity index (χ0n) is 9.34. The van der Waals surface area contributed by atoms with Gasteiger partial charge in [-0.15, -0.1) is 0 Å². The number of halogens is 1. The number of benzene rings is 1. The second kappa shape index (κ2) is 5.59. The maximum absolute atomic E-state index is 5.85. The summed E-state index contributed by atoms with van der Waals surface area (Å²) in [5, 5.41) is 4.77. The number of aromatic nitrogens is 2. The molecule has 0 radical (unpaired) electrons. The molecule has 1 heterocycles. The van der Waals surface area contributed by atoms with Crippen molar-refractivity contribution in [3.63, 3.8) is 0 Å². The molecule has 0 aliphatic rings. The summed E-state index contributed by atoms with van der Waals surface area (Å²) in [5.41, 5.74) is 5.51. The summed E-state index contributed by atoms with van der Waals surface area (Å²) in [5.74, 6) is 1.33. The number of nitrogens with two attached hydrogens (primary N) is 1. The molecule has 0 saturated heterocycles. The van der Waals surface area contributed by atoms with Crippen molar-refractivity contribution in [2.75, 3.05) is 12.3 Å². The lowest BCUT2D eigenvalue weighted by Gasteiger charge is -2.06. The van der Waals surface area contributed by atoms with Gasteiger partial charge in [0.1, 0.15) is 11.6 Å². The third-order valence-corrected chi connectivity index (χ3v) is 2.49. The number of hydrogen-bond acceptors (Lipinski definition) is 3. The van der Waals surface area contributed by atoms with Crippen molar-refractivity contribution in [1.82, 2.24) is 9.78 Å². The van der Waals surface area contributed by atoms with Crippen molar-refractivity contribution in [2.45, 2.75) is 13.0 Å². The summed E-state index contributed by atoms with van der Waals surface area (Å²) in [4.78, 5) is 0. The number of rotatable bonds is 5. The van der Waals surface area contributed by atoms with Gasteiger partial charge in [0.15, 0.2) is 0 Å². The minimum atomic E-state index is 0.542. The zero-order chi connectivity index (χ0) is 12.1. The van der Waals surface area contributed by atoms with E-state index in [0.29, 0.717) is 17.4 Å². The van der Waals surface area contributed by atoms with Gasteiger partial charge in [0.05, 0.1) is 6.61 Å². The van der Waals surface area contributed by atoms with Crippen LogP contribution in [-0.4, -0.2) is 16.4 Å². The topological polar surface area (TPSA) is 53.1 Å².